The number of para-hydroxylation sites is 1. The summed E-state index contributed by atoms with van der Waals surface area (Å²) in [6, 6.07) is 7.80. The maximum atomic E-state index is 6.24. The molecule has 0 radical (unpaired) electrons. The average Bonchev–Trinajstić information content (AvgIpc) is 2.89. The quantitative estimate of drug-likeness (QED) is 0.904. The number of nitrogens with one attached hydrogen (secondary N) is 1. The second-order valence-corrected chi connectivity index (χ2v) is 4.94. The van der Waals surface area contributed by atoms with Crippen molar-refractivity contribution in [3.05, 3.63) is 41.4 Å². The number of hydrogen-bond donors (Lipinski definition) is 1. The molecule has 1 N–H and O–H groups in total. The summed E-state index contributed by atoms with van der Waals surface area (Å²) in [4.78, 5) is 0. The molecule has 1 saturated heterocycles. The summed E-state index contributed by atoms with van der Waals surface area (Å²) in [5.41, 5.74) is 0.956. The molecule has 1 aliphatic heterocycles. The Hall–Kier alpha value is -1.39. The molecule has 94 valence electrons. The van der Waals surface area contributed by atoms with Crippen LogP contribution in [0.2, 0.25) is 5.02 Å². The third-order valence-corrected chi connectivity index (χ3v) is 3.71. The van der Waals surface area contributed by atoms with E-state index in [0.29, 0.717) is 5.92 Å². The predicted octanol–water partition coefficient (Wildman–Crippen LogP) is 2.39. The minimum Gasteiger partial charge on any atom is -0.317 e. The fourth-order valence-electron chi connectivity index (χ4n) is 2.44. The highest BCUT2D eigenvalue weighted by Crippen LogP contribution is 2.27. The van der Waals surface area contributed by atoms with Crippen molar-refractivity contribution in [3.63, 3.8) is 0 Å². The molecule has 1 aliphatic rings. The molecule has 5 heteroatoms. The maximum Gasteiger partial charge on any atom is 0.140 e. The Balaban J connectivity index is 1.98. The minimum absolute atomic E-state index is 0.463. The van der Waals surface area contributed by atoms with Gasteiger partial charge in [0.05, 0.1) is 10.7 Å². The van der Waals surface area contributed by atoms with Gasteiger partial charge in [0.1, 0.15) is 12.2 Å². The number of aromatic nitrogens is 3. The Labute approximate surface area is 111 Å². The lowest BCUT2D eigenvalue weighted by molar-refractivity contribution is 0.440. The van der Waals surface area contributed by atoms with Gasteiger partial charge in [-0.05, 0) is 38.1 Å². The number of piperidine rings is 1. The fraction of sp³-hybridized carbons (Fsp3) is 0.385. The normalized spacial score (nSPS) is 16.9. The predicted molar refractivity (Wildman–Crippen MR) is 71.2 cm³/mol. The zero-order valence-electron chi connectivity index (χ0n) is 10.0. The van der Waals surface area contributed by atoms with Gasteiger partial charge in [-0.2, -0.15) is 0 Å². The van der Waals surface area contributed by atoms with Gasteiger partial charge in [0, 0.05) is 5.92 Å². The van der Waals surface area contributed by atoms with Crippen molar-refractivity contribution >= 4 is 11.6 Å². The van der Waals surface area contributed by atoms with Gasteiger partial charge < -0.3 is 5.32 Å². The number of halogens is 1. The van der Waals surface area contributed by atoms with Crippen molar-refractivity contribution in [3.8, 4) is 5.69 Å². The summed E-state index contributed by atoms with van der Waals surface area (Å²) in [7, 11) is 0. The average molecular weight is 263 g/mol. The van der Waals surface area contributed by atoms with E-state index in [9.17, 15) is 0 Å². The monoisotopic (exact) mass is 262 g/mol. The van der Waals surface area contributed by atoms with Crippen molar-refractivity contribution in [2.45, 2.75) is 18.8 Å². The second-order valence-electron chi connectivity index (χ2n) is 4.53. The molecule has 0 aliphatic carbocycles. The number of benzene rings is 1. The standard InChI is InChI=1S/C13H15ClN4/c14-11-3-1-2-4-12(11)18-9-16-17-13(18)10-5-7-15-8-6-10/h1-4,9-10,15H,5-8H2. The first-order valence-electron chi connectivity index (χ1n) is 6.22. The van der Waals surface area contributed by atoms with E-state index in [1.807, 2.05) is 28.8 Å². The van der Waals surface area contributed by atoms with Gasteiger partial charge in [0.25, 0.3) is 0 Å². The van der Waals surface area contributed by atoms with Crippen LogP contribution in [0.5, 0.6) is 0 Å². The molecule has 1 fully saturated rings. The Morgan fingerprint density at radius 3 is 2.78 bits per heavy atom. The third kappa shape index (κ3) is 2.13. The molecule has 2 heterocycles. The summed E-state index contributed by atoms with van der Waals surface area (Å²) >= 11 is 6.24. The van der Waals surface area contributed by atoms with Crippen LogP contribution in [0.1, 0.15) is 24.6 Å². The minimum atomic E-state index is 0.463. The van der Waals surface area contributed by atoms with E-state index in [2.05, 4.69) is 15.5 Å². The summed E-state index contributed by atoms with van der Waals surface area (Å²) in [5, 5.41) is 12.4. The Morgan fingerprint density at radius 1 is 1.22 bits per heavy atom. The van der Waals surface area contributed by atoms with Crippen molar-refractivity contribution < 1.29 is 0 Å². The van der Waals surface area contributed by atoms with Crippen molar-refractivity contribution in [1.82, 2.24) is 20.1 Å². The summed E-state index contributed by atoms with van der Waals surface area (Å²) in [6.45, 7) is 2.08. The third-order valence-electron chi connectivity index (χ3n) is 3.39. The van der Waals surface area contributed by atoms with Crippen molar-refractivity contribution in [2.75, 3.05) is 13.1 Å². The van der Waals surface area contributed by atoms with Crippen LogP contribution in [-0.2, 0) is 0 Å². The first-order chi connectivity index (χ1) is 8.86. The van der Waals surface area contributed by atoms with E-state index in [4.69, 9.17) is 11.6 Å². The first kappa shape index (κ1) is 11.7. The van der Waals surface area contributed by atoms with Crippen molar-refractivity contribution in [1.29, 1.82) is 0 Å². The SMILES string of the molecule is Clc1ccccc1-n1cnnc1C1CCNCC1. The second kappa shape index (κ2) is 5.08. The summed E-state index contributed by atoms with van der Waals surface area (Å²) in [5.74, 6) is 1.48. The van der Waals surface area contributed by atoms with Crippen LogP contribution >= 0.6 is 11.6 Å². The van der Waals surface area contributed by atoms with Gasteiger partial charge in [-0.3, -0.25) is 4.57 Å². The van der Waals surface area contributed by atoms with E-state index in [1.54, 1.807) is 6.33 Å². The van der Waals surface area contributed by atoms with Gasteiger partial charge in [-0.1, -0.05) is 23.7 Å². The Kier molecular flexibility index (Phi) is 3.30. The Morgan fingerprint density at radius 2 is 2.00 bits per heavy atom. The van der Waals surface area contributed by atoms with Gasteiger partial charge in [-0.15, -0.1) is 10.2 Å². The zero-order chi connectivity index (χ0) is 12.4. The highest BCUT2D eigenvalue weighted by molar-refractivity contribution is 6.32. The maximum absolute atomic E-state index is 6.24. The van der Waals surface area contributed by atoms with E-state index >= 15 is 0 Å². The zero-order valence-corrected chi connectivity index (χ0v) is 10.8. The van der Waals surface area contributed by atoms with Crippen LogP contribution in [-0.4, -0.2) is 27.9 Å². The molecule has 0 spiro atoms. The molecule has 0 bridgehead atoms. The molecule has 0 saturated carbocycles. The van der Waals surface area contributed by atoms with Crippen LogP contribution in [0.15, 0.2) is 30.6 Å². The largest absolute Gasteiger partial charge is 0.317 e. The Bertz CT molecular complexity index is 531. The first-order valence-corrected chi connectivity index (χ1v) is 6.59. The van der Waals surface area contributed by atoms with E-state index in [0.717, 1.165) is 42.5 Å². The fourth-order valence-corrected chi connectivity index (χ4v) is 2.66. The molecular formula is C13H15ClN4. The lowest BCUT2D eigenvalue weighted by Crippen LogP contribution is -2.28. The number of nitrogens with zero attached hydrogens (tertiary/aromatic N) is 3. The van der Waals surface area contributed by atoms with Crippen LogP contribution in [0.4, 0.5) is 0 Å². The van der Waals surface area contributed by atoms with Gasteiger partial charge in [-0.25, -0.2) is 0 Å². The molecule has 3 rings (SSSR count). The molecule has 0 unspecified atom stereocenters. The lowest BCUT2D eigenvalue weighted by atomic mass is 9.97. The highest BCUT2D eigenvalue weighted by atomic mass is 35.5. The summed E-state index contributed by atoms with van der Waals surface area (Å²) in [6.07, 6.45) is 3.95. The molecule has 0 amide bonds. The molecule has 1 aromatic carbocycles. The lowest BCUT2D eigenvalue weighted by Gasteiger charge is -2.22. The topological polar surface area (TPSA) is 42.7 Å². The number of rotatable bonds is 2. The van der Waals surface area contributed by atoms with Gasteiger partial charge >= 0.3 is 0 Å². The highest BCUT2D eigenvalue weighted by Gasteiger charge is 2.21. The summed E-state index contributed by atoms with van der Waals surface area (Å²) < 4.78 is 2.01. The van der Waals surface area contributed by atoms with E-state index in [1.165, 1.54) is 0 Å². The van der Waals surface area contributed by atoms with E-state index < -0.39 is 0 Å². The van der Waals surface area contributed by atoms with Crippen LogP contribution < -0.4 is 5.32 Å². The molecule has 2 aromatic rings. The smallest absolute Gasteiger partial charge is 0.140 e. The molecule has 4 nitrogen and oxygen atoms in total. The molecule has 1 aromatic heterocycles. The molecule has 18 heavy (non-hydrogen) atoms. The van der Waals surface area contributed by atoms with Gasteiger partial charge in [0.15, 0.2) is 0 Å². The molecule has 0 atom stereocenters. The van der Waals surface area contributed by atoms with Crippen LogP contribution in [0.25, 0.3) is 5.69 Å². The van der Waals surface area contributed by atoms with E-state index in [-0.39, 0.29) is 0 Å². The number of hydrogen-bond acceptors (Lipinski definition) is 3. The molecular weight excluding hydrogens is 248 g/mol. The van der Waals surface area contributed by atoms with Gasteiger partial charge in [0.2, 0.25) is 0 Å². The van der Waals surface area contributed by atoms with Crippen molar-refractivity contribution in [2.24, 2.45) is 0 Å². The van der Waals surface area contributed by atoms with Crippen LogP contribution in [0.3, 0.4) is 0 Å². The van der Waals surface area contributed by atoms with Crippen LogP contribution in [0, 0.1) is 0 Å².